The molecule has 0 unspecified atom stereocenters. The predicted octanol–water partition coefficient (Wildman–Crippen LogP) is 4.58. The van der Waals surface area contributed by atoms with Crippen molar-refractivity contribution in [1.82, 2.24) is 14.5 Å². The van der Waals surface area contributed by atoms with Gasteiger partial charge in [0.05, 0.1) is 11.6 Å². The summed E-state index contributed by atoms with van der Waals surface area (Å²) in [5, 5.41) is 1.17. The number of aromatic nitrogens is 3. The van der Waals surface area contributed by atoms with Crippen molar-refractivity contribution in [2.75, 3.05) is 0 Å². The van der Waals surface area contributed by atoms with Crippen LogP contribution in [0.2, 0.25) is 5.28 Å². The lowest BCUT2D eigenvalue weighted by atomic mass is 10.2. The number of halogens is 1. The molecule has 0 aliphatic heterocycles. The van der Waals surface area contributed by atoms with E-state index in [9.17, 15) is 4.79 Å². The van der Waals surface area contributed by atoms with Gasteiger partial charge in [-0.1, -0.05) is 25.6 Å². The first-order valence-corrected chi connectivity index (χ1v) is 7.65. The molecule has 0 atom stereocenters. The highest BCUT2D eigenvalue weighted by Gasteiger charge is 2.20. The molecule has 3 rings (SSSR count). The lowest BCUT2D eigenvalue weighted by Gasteiger charge is -2.12. The summed E-state index contributed by atoms with van der Waals surface area (Å²) in [7, 11) is 0. The number of hydrogen-bond acceptors (Lipinski definition) is 4. The van der Waals surface area contributed by atoms with E-state index in [1.807, 2.05) is 42.0 Å². The summed E-state index contributed by atoms with van der Waals surface area (Å²) in [4.78, 5) is 20.5. The minimum absolute atomic E-state index is 0. The lowest BCUT2D eigenvalue weighted by Crippen LogP contribution is -2.15. The Kier molecular flexibility index (Phi) is 5.24. The van der Waals surface area contributed by atoms with Gasteiger partial charge in [-0.3, -0.25) is 0 Å². The molecule has 0 fully saturated rings. The Balaban J connectivity index is 0.00000208. The molecule has 0 radical (unpaired) electrons. The number of para-hydroxylation sites is 1. The van der Waals surface area contributed by atoms with Gasteiger partial charge in [-0.2, -0.15) is 4.98 Å². The Morgan fingerprint density at radius 1 is 1.29 bits per heavy atom. The fourth-order valence-electron chi connectivity index (χ4n) is 2.48. The minimum atomic E-state index is -0.470. The lowest BCUT2D eigenvalue weighted by molar-refractivity contribution is 0.0377. The van der Waals surface area contributed by atoms with Crippen LogP contribution in [0.4, 0.5) is 0 Å². The van der Waals surface area contributed by atoms with Gasteiger partial charge in [0, 0.05) is 17.8 Å². The predicted molar refractivity (Wildman–Crippen MR) is 95.9 cm³/mol. The summed E-state index contributed by atoms with van der Waals surface area (Å²) in [6, 6.07) is 7.90. The van der Waals surface area contributed by atoms with Gasteiger partial charge >= 0.3 is 5.97 Å². The van der Waals surface area contributed by atoms with Gasteiger partial charge in [-0.05, 0) is 44.0 Å². The Hall–Kier alpha value is -2.40. The Bertz CT molecular complexity index is 887. The first kappa shape index (κ1) is 17.9. The van der Waals surface area contributed by atoms with Crippen LogP contribution >= 0.6 is 11.6 Å². The highest BCUT2D eigenvalue weighted by molar-refractivity contribution is 6.28. The molecule has 0 saturated heterocycles. The first-order valence-electron chi connectivity index (χ1n) is 7.28. The zero-order chi connectivity index (χ0) is 16.6. The molecule has 6 heteroatoms. The highest BCUT2D eigenvalue weighted by Crippen LogP contribution is 2.26. The summed E-state index contributed by atoms with van der Waals surface area (Å²) >= 11 is 5.95. The SMILES string of the molecule is C.Cc1cn(-c2nc(Cl)ncc2C(=O)OC(C)C)c2ccccc12. The van der Waals surface area contributed by atoms with Gasteiger partial charge < -0.3 is 9.30 Å². The maximum absolute atomic E-state index is 12.3. The zero-order valence-corrected chi connectivity index (χ0v) is 13.8. The second kappa shape index (κ2) is 7.01. The number of carbonyl (C=O) groups is 1. The van der Waals surface area contributed by atoms with Crippen LogP contribution in [0.15, 0.2) is 36.7 Å². The Morgan fingerprint density at radius 2 is 2.00 bits per heavy atom. The number of nitrogens with zero attached hydrogens (tertiary/aromatic N) is 3. The van der Waals surface area contributed by atoms with Gasteiger partial charge in [0.25, 0.3) is 0 Å². The number of carbonyl (C=O) groups excluding carboxylic acids is 1. The summed E-state index contributed by atoms with van der Waals surface area (Å²) < 4.78 is 7.12. The van der Waals surface area contributed by atoms with Crippen molar-refractivity contribution >= 4 is 28.5 Å². The van der Waals surface area contributed by atoms with Crippen molar-refractivity contribution in [3.05, 3.63) is 53.1 Å². The Morgan fingerprint density at radius 3 is 2.71 bits per heavy atom. The largest absolute Gasteiger partial charge is 0.459 e. The molecule has 1 aromatic carbocycles. The molecule has 0 aliphatic carbocycles. The van der Waals surface area contributed by atoms with Crippen molar-refractivity contribution in [3.8, 4) is 5.82 Å². The number of fused-ring (bicyclic) bond motifs is 1. The first-order chi connectivity index (χ1) is 11.0. The van der Waals surface area contributed by atoms with Crippen molar-refractivity contribution in [1.29, 1.82) is 0 Å². The van der Waals surface area contributed by atoms with E-state index < -0.39 is 5.97 Å². The van der Waals surface area contributed by atoms with E-state index in [2.05, 4.69) is 9.97 Å². The summed E-state index contributed by atoms with van der Waals surface area (Å²) in [5.74, 6) is -0.0537. The van der Waals surface area contributed by atoms with Gasteiger partial charge in [-0.15, -0.1) is 0 Å². The van der Waals surface area contributed by atoms with Crippen LogP contribution < -0.4 is 0 Å². The molecule has 0 amide bonds. The number of aryl methyl sites for hydroxylation is 1. The van der Waals surface area contributed by atoms with Gasteiger partial charge in [0.1, 0.15) is 5.56 Å². The standard InChI is InChI=1S/C17H16ClN3O2.CH4/c1-10(2)23-16(22)13-8-19-17(18)20-15(13)21-9-11(3)12-6-4-5-7-14(12)21;/h4-10H,1-3H3;1H4. The summed E-state index contributed by atoms with van der Waals surface area (Å²) in [5.41, 5.74) is 2.31. The zero-order valence-electron chi connectivity index (χ0n) is 13.1. The summed E-state index contributed by atoms with van der Waals surface area (Å²) in [6.07, 6.45) is 3.10. The van der Waals surface area contributed by atoms with Crippen LogP contribution in [-0.2, 0) is 4.74 Å². The van der Waals surface area contributed by atoms with Gasteiger partial charge in [0.2, 0.25) is 5.28 Å². The number of ether oxygens (including phenoxy) is 1. The van der Waals surface area contributed by atoms with E-state index in [-0.39, 0.29) is 24.4 Å². The normalized spacial score (nSPS) is 10.7. The third-order valence-electron chi connectivity index (χ3n) is 3.44. The van der Waals surface area contributed by atoms with Crippen molar-refractivity contribution in [2.45, 2.75) is 34.3 Å². The van der Waals surface area contributed by atoms with Crippen LogP contribution in [0.25, 0.3) is 16.7 Å². The van der Waals surface area contributed by atoms with E-state index >= 15 is 0 Å². The molecular weight excluding hydrogens is 326 g/mol. The molecule has 0 bridgehead atoms. The van der Waals surface area contributed by atoms with Crippen LogP contribution in [0.1, 0.15) is 37.2 Å². The molecule has 3 aromatic rings. The quantitative estimate of drug-likeness (QED) is 0.515. The number of benzene rings is 1. The Labute approximate surface area is 146 Å². The molecule has 2 aromatic heterocycles. The fourth-order valence-corrected chi connectivity index (χ4v) is 2.61. The second-order valence-electron chi connectivity index (χ2n) is 5.53. The number of hydrogen-bond donors (Lipinski definition) is 0. The maximum Gasteiger partial charge on any atom is 0.343 e. The second-order valence-corrected chi connectivity index (χ2v) is 5.87. The highest BCUT2D eigenvalue weighted by atomic mass is 35.5. The van der Waals surface area contributed by atoms with E-state index in [1.165, 1.54) is 6.20 Å². The molecule has 2 heterocycles. The third-order valence-corrected chi connectivity index (χ3v) is 3.62. The molecule has 5 nitrogen and oxygen atoms in total. The number of esters is 1. The maximum atomic E-state index is 12.3. The van der Waals surface area contributed by atoms with E-state index in [4.69, 9.17) is 16.3 Å². The third kappa shape index (κ3) is 3.26. The van der Waals surface area contributed by atoms with Gasteiger partial charge in [0.15, 0.2) is 5.82 Å². The molecule has 0 N–H and O–H groups in total. The van der Waals surface area contributed by atoms with Crippen molar-refractivity contribution in [2.24, 2.45) is 0 Å². The van der Waals surface area contributed by atoms with Crippen LogP contribution in [0.3, 0.4) is 0 Å². The van der Waals surface area contributed by atoms with Crippen molar-refractivity contribution < 1.29 is 9.53 Å². The molecule has 0 aliphatic rings. The molecular formula is C18H20ClN3O2. The molecule has 24 heavy (non-hydrogen) atoms. The topological polar surface area (TPSA) is 57.0 Å². The van der Waals surface area contributed by atoms with Crippen LogP contribution in [-0.4, -0.2) is 26.6 Å². The average molecular weight is 346 g/mol. The van der Waals surface area contributed by atoms with E-state index in [0.717, 1.165) is 16.5 Å². The monoisotopic (exact) mass is 345 g/mol. The smallest absolute Gasteiger partial charge is 0.343 e. The van der Waals surface area contributed by atoms with E-state index in [0.29, 0.717) is 5.82 Å². The van der Waals surface area contributed by atoms with Crippen LogP contribution in [0, 0.1) is 6.92 Å². The summed E-state index contributed by atoms with van der Waals surface area (Å²) in [6.45, 7) is 5.60. The minimum Gasteiger partial charge on any atom is -0.459 e. The fraction of sp³-hybridized carbons (Fsp3) is 0.278. The average Bonchev–Trinajstić information content (AvgIpc) is 2.84. The van der Waals surface area contributed by atoms with Crippen molar-refractivity contribution in [3.63, 3.8) is 0 Å². The molecule has 0 spiro atoms. The van der Waals surface area contributed by atoms with Gasteiger partial charge in [-0.25, -0.2) is 9.78 Å². The molecule has 126 valence electrons. The molecule has 0 saturated carbocycles. The van der Waals surface area contributed by atoms with Crippen LogP contribution in [0.5, 0.6) is 0 Å². The van der Waals surface area contributed by atoms with E-state index in [1.54, 1.807) is 13.8 Å². The number of rotatable bonds is 3.